The predicted molar refractivity (Wildman–Crippen MR) is 123 cm³/mol. The molecule has 4 rings (SSSR count). The Labute approximate surface area is 192 Å². The smallest absolute Gasteiger partial charge is 0.253 e. The molecule has 8 nitrogen and oxygen atoms in total. The van der Waals surface area contributed by atoms with Gasteiger partial charge in [0.15, 0.2) is 0 Å². The van der Waals surface area contributed by atoms with Crippen LogP contribution in [0.25, 0.3) is 11.4 Å². The van der Waals surface area contributed by atoms with Crippen molar-refractivity contribution in [2.45, 2.75) is 38.6 Å². The third-order valence-electron chi connectivity index (χ3n) is 5.69. The Morgan fingerprint density at radius 3 is 2.64 bits per heavy atom. The van der Waals surface area contributed by atoms with Crippen LogP contribution in [0, 0.1) is 0 Å². The highest BCUT2D eigenvalue weighted by molar-refractivity contribution is 5.94. The molecular formula is C25H28N4O4. The minimum absolute atomic E-state index is 0.0620. The molecule has 0 spiro atoms. The van der Waals surface area contributed by atoms with Gasteiger partial charge in [-0.25, -0.2) is 0 Å². The van der Waals surface area contributed by atoms with Crippen LogP contribution in [-0.2, 0) is 17.8 Å². The zero-order valence-electron chi connectivity index (χ0n) is 18.8. The molecule has 33 heavy (non-hydrogen) atoms. The number of amides is 2. The van der Waals surface area contributed by atoms with Crippen LogP contribution in [0.2, 0.25) is 0 Å². The number of rotatable bonds is 8. The molecule has 0 radical (unpaired) electrons. The first-order valence-electron chi connectivity index (χ1n) is 11.2. The molecule has 0 saturated carbocycles. The summed E-state index contributed by atoms with van der Waals surface area (Å²) in [6.07, 6.45) is 3.88. The van der Waals surface area contributed by atoms with Crippen LogP contribution in [0.5, 0.6) is 5.75 Å². The Kier molecular flexibility index (Phi) is 7.34. The molecular weight excluding hydrogens is 420 g/mol. The van der Waals surface area contributed by atoms with E-state index in [9.17, 15) is 9.59 Å². The average molecular weight is 449 g/mol. The normalized spacial score (nSPS) is 13.5. The van der Waals surface area contributed by atoms with Crippen molar-refractivity contribution in [3.05, 3.63) is 65.5 Å². The van der Waals surface area contributed by atoms with Gasteiger partial charge >= 0.3 is 0 Å². The maximum absolute atomic E-state index is 12.7. The number of hydrogen-bond donors (Lipinski definition) is 1. The number of carbonyl (C=O) groups is 2. The number of ether oxygens (including phenoxy) is 1. The Hall–Kier alpha value is -3.68. The predicted octanol–water partition coefficient (Wildman–Crippen LogP) is 3.62. The van der Waals surface area contributed by atoms with Crippen LogP contribution in [0.3, 0.4) is 0 Å². The molecule has 1 aromatic heterocycles. The van der Waals surface area contributed by atoms with Crippen LogP contribution in [-0.4, -0.2) is 47.1 Å². The van der Waals surface area contributed by atoms with E-state index in [1.165, 1.54) is 6.42 Å². The van der Waals surface area contributed by atoms with Crippen LogP contribution >= 0.6 is 0 Å². The summed E-state index contributed by atoms with van der Waals surface area (Å²) in [5.74, 6) is 1.58. The zero-order valence-corrected chi connectivity index (χ0v) is 18.8. The van der Waals surface area contributed by atoms with Crippen LogP contribution in [0.4, 0.5) is 0 Å². The van der Waals surface area contributed by atoms with Crippen LogP contribution < -0.4 is 10.1 Å². The second-order valence-electron chi connectivity index (χ2n) is 8.07. The van der Waals surface area contributed by atoms with Crippen LogP contribution in [0.1, 0.15) is 47.5 Å². The summed E-state index contributed by atoms with van der Waals surface area (Å²) < 4.78 is 10.4. The van der Waals surface area contributed by atoms with Crippen molar-refractivity contribution < 1.29 is 18.8 Å². The van der Waals surface area contributed by atoms with Gasteiger partial charge < -0.3 is 19.5 Å². The Morgan fingerprint density at radius 1 is 1.09 bits per heavy atom. The molecule has 3 aromatic rings. The van der Waals surface area contributed by atoms with Crippen LogP contribution in [0.15, 0.2) is 53.1 Å². The van der Waals surface area contributed by atoms with Gasteiger partial charge in [0.2, 0.25) is 17.6 Å². The van der Waals surface area contributed by atoms with Gasteiger partial charge in [-0.2, -0.15) is 4.98 Å². The minimum atomic E-state index is -0.119. The van der Waals surface area contributed by atoms with Gasteiger partial charge in [-0.3, -0.25) is 9.59 Å². The van der Waals surface area contributed by atoms with Gasteiger partial charge in [-0.1, -0.05) is 17.3 Å². The maximum Gasteiger partial charge on any atom is 0.253 e. The fourth-order valence-electron chi connectivity index (χ4n) is 3.82. The number of nitrogens with one attached hydrogen (secondary N) is 1. The molecule has 2 heterocycles. The lowest BCUT2D eigenvalue weighted by Crippen LogP contribution is -2.35. The summed E-state index contributed by atoms with van der Waals surface area (Å²) in [6, 6.07) is 14.8. The molecule has 1 N–H and O–H groups in total. The Balaban J connectivity index is 1.26. The van der Waals surface area contributed by atoms with Crippen molar-refractivity contribution in [2.75, 3.05) is 20.2 Å². The summed E-state index contributed by atoms with van der Waals surface area (Å²) in [4.78, 5) is 31.3. The number of methoxy groups -OCH3 is 1. The van der Waals surface area contributed by atoms with Gasteiger partial charge in [0.05, 0.1) is 7.11 Å². The Bertz CT molecular complexity index is 1090. The molecule has 1 aliphatic rings. The van der Waals surface area contributed by atoms with E-state index in [2.05, 4.69) is 15.5 Å². The average Bonchev–Trinajstić information content (AvgIpc) is 3.35. The first-order valence-corrected chi connectivity index (χ1v) is 11.2. The monoisotopic (exact) mass is 448 g/mol. The van der Waals surface area contributed by atoms with E-state index in [0.717, 1.165) is 42.8 Å². The van der Waals surface area contributed by atoms with E-state index in [1.807, 2.05) is 53.4 Å². The number of piperidine rings is 1. The highest BCUT2D eigenvalue weighted by Gasteiger charge is 2.18. The molecule has 0 aliphatic carbocycles. The van der Waals surface area contributed by atoms with Crippen molar-refractivity contribution in [1.82, 2.24) is 20.4 Å². The van der Waals surface area contributed by atoms with Gasteiger partial charge in [-0.15, -0.1) is 0 Å². The summed E-state index contributed by atoms with van der Waals surface area (Å²) in [5.41, 5.74) is 2.38. The van der Waals surface area contributed by atoms with E-state index in [1.54, 1.807) is 7.11 Å². The third kappa shape index (κ3) is 5.97. The van der Waals surface area contributed by atoms with E-state index in [-0.39, 0.29) is 18.2 Å². The summed E-state index contributed by atoms with van der Waals surface area (Å²) >= 11 is 0. The van der Waals surface area contributed by atoms with E-state index < -0.39 is 0 Å². The number of likely N-dealkylation sites (tertiary alicyclic amines) is 1. The van der Waals surface area contributed by atoms with Gasteiger partial charge in [0.1, 0.15) is 5.75 Å². The summed E-state index contributed by atoms with van der Waals surface area (Å²) in [7, 11) is 1.61. The molecule has 1 saturated heterocycles. The van der Waals surface area contributed by atoms with Crippen molar-refractivity contribution >= 4 is 11.8 Å². The topological polar surface area (TPSA) is 97.6 Å². The minimum Gasteiger partial charge on any atom is -0.497 e. The first-order chi connectivity index (χ1) is 16.1. The summed E-state index contributed by atoms with van der Waals surface area (Å²) in [6.45, 7) is 1.99. The van der Waals surface area contributed by atoms with E-state index >= 15 is 0 Å². The zero-order chi connectivity index (χ0) is 23.0. The van der Waals surface area contributed by atoms with Gasteiger partial charge in [-0.05, 0) is 61.2 Å². The van der Waals surface area contributed by atoms with Gasteiger partial charge in [0.25, 0.3) is 5.91 Å². The van der Waals surface area contributed by atoms with Gasteiger partial charge in [0, 0.05) is 43.6 Å². The molecule has 0 unspecified atom stereocenters. The lowest BCUT2D eigenvalue weighted by Gasteiger charge is -2.26. The van der Waals surface area contributed by atoms with E-state index in [4.69, 9.17) is 9.26 Å². The largest absolute Gasteiger partial charge is 0.497 e. The maximum atomic E-state index is 12.7. The van der Waals surface area contributed by atoms with Crippen molar-refractivity contribution in [1.29, 1.82) is 0 Å². The number of aryl methyl sites for hydroxylation is 1. The molecule has 2 amide bonds. The van der Waals surface area contributed by atoms with Crippen molar-refractivity contribution in [3.63, 3.8) is 0 Å². The van der Waals surface area contributed by atoms with Crippen molar-refractivity contribution in [2.24, 2.45) is 0 Å². The standard InChI is InChI=1S/C25H28N4O4/c1-32-21-10-8-19(9-11-21)24-27-23(33-28-24)13-12-22(30)26-17-18-6-5-7-20(16-18)25(31)29-14-3-2-4-15-29/h5-11,16H,2-4,12-15,17H2,1H3,(H,26,30). The number of aromatic nitrogens is 2. The molecule has 172 valence electrons. The third-order valence-corrected chi connectivity index (χ3v) is 5.69. The second-order valence-corrected chi connectivity index (χ2v) is 8.07. The summed E-state index contributed by atoms with van der Waals surface area (Å²) in [5, 5.41) is 6.88. The number of carbonyl (C=O) groups excluding carboxylic acids is 2. The highest BCUT2D eigenvalue weighted by Crippen LogP contribution is 2.20. The fourth-order valence-corrected chi connectivity index (χ4v) is 3.82. The molecule has 8 heteroatoms. The highest BCUT2D eigenvalue weighted by atomic mass is 16.5. The number of benzene rings is 2. The fraction of sp³-hybridized carbons (Fsp3) is 0.360. The Morgan fingerprint density at radius 2 is 1.88 bits per heavy atom. The second kappa shape index (κ2) is 10.8. The molecule has 2 aromatic carbocycles. The van der Waals surface area contributed by atoms with Crippen molar-refractivity contribution in [3.8, 4) is 17.1 Å². The first kappa shape index (κ1) is 22.5. The number of hydrogen-bond acceptors (Lipinski definition) is 6. The lowest BCUT2D eigenvalue weighted by atomic mass is 10.1. The molecule has 1 aliphatic heterocycles. The SMILES string of the molecule is COc1ccc(-c2noc(CCC(=O)NCc3cccc(C(=O)N4CCCCC4)c3)n2)cc1. The molecule has 0 bridgehead atoms. The lowest BCUT2D eigenvalue weighted by molar-refractivity contribution is -0.121. The van der Waals surface area contributed by atoms with E-state index in [0.29, 0.717) is 30.2 Å². The molecule has 0 atom stereocenters. The molecule has 1 fully saturated rings. The quantitative estimate of drug-likeness (QED) is 0.565. The number of nitrogens with zero attached hydrogens (tertiary/aromatic N) is 3.